The second-order valence-electron chi connectivity index (χ2n) is 5.36. The van der Waals surface area contributed by atoms with Gasteiger partial charge < -0.3 is 19.5 Å². The maximum absolute atomic E-state index is 10.8. The molecule has 1 aromatic rings. The lowest BCUT2D eigenvalue weighted by atomic mass is 9.98. The van der Waals surface area contributed by atoms with Gasteiger partial charge in [0.1, 0.15) is 11.5 Å². The zero-order valence-corrected chi connectivity index (χ0v) is 12.7. The fourth-order valence-corrected chi connectivity index (χ4v) is 2.66. The van der Waals surface area contributed by atoms with E-state index >= 15 is 0 Å². The van der Waals surface area contributed by atoms with Gasteiger partial charge in [-0.25, -0.2) is 0 Å². The molecule has 0 radical (unpaired) electrons. The maximum Gasteiger partial charge on any atom is 0.124 e. The van der Waals surface area contributed by atoms with Gasteiger partial charge in [0.15, 0.2) is 0 Å². The summed E-state index contributed by atoms with van der Waals surface area (Å²) in [6, 6.07) is 5.58. The number of hydrogen-bond acceptors (Lipinski definition) is 5. The Morgan fingerprint density at radius 3 is 2.60 bits per heavy atom. The van der Waals surface area contributed by atoms with Gasteiger partial charge in [0.05, 0.1) is 26.4 Å². The van der Waals surface area contributed by atoms with Crippen LogP contribution >= 0.6 is 0 Å². The number of likely N-dealkylation sites (N-methyl/N-ethyl adjacent to an activating group) is 2. The van der Waals surface area contributed by atoms with Crippen LogP contribution in [0, 0.1) is 0 Å². The van der Waals surface area contributed by atoms with E-state index in [-0.39, 0.29) is 6.04 Å². The van der Waals surface area contributed by atoms with Gasteiger partial charge >= 0.3 is 0 Å². The number of methoxy groups -OCH3 is 2. The van der Waals surface area contributed by atoms with Crippen LogP contribution in [-0.4, -0.2) is 68.9 Å². The Bertz CT molecular complexity index is 453. The van der Waals surface area contributed by atoms with Gasteiger partial charge in [-0.15, -0.1) is 0 Å². The minimum atomic E-state index is -0.604. The Kier molecular flexibility index (Phi) is 4.86. The molecule has 1 aliphatic heterocycles. The zero-order valence-electron chi connectivity index (χ0n) is 12.7. The van der Waals surface area contributed by atoms with E-state index < -0.39 is 6.10 Å². The molecule has 1 aromatic carbocycles. The molecule has 1 fully saturated rings. The van der Waals surface area contributed by atoms with Crippen molar-refractivity contribution in [1.29, 1.82) is 0 Å². The number of benzene rings is 1. The van der Waals surface area contributed by atoms with Gasteiger partial charge in [-0.05, 0) is 32.3 Å². The number of piperazine rings is 1. The Morgan fingerprint density at radius 2 is 1.95 bits per heavy atom. The predicted octanol–water partition coefficient (Wildman–Crippen LogP) is 0.983. The van der Waals surface area contributed by atoms with E-state index in [9.17, 15) is 5.11 Å². The summed E-state index contributed by atoms with van der Waals surface area (Å²) in [5, 5.41) is 10.8. The highest BCUT2D eigenvalue weighted by Crippen LogP contribution is 2.33. The lowest BCUT2D eigenvalue weighted by Crippen LogP contribution is -2.52. The molecule has 2 unspecified atom stereocenters. The molecule has 112 valence electrons. The Balaban J connectivity index is 2.28. The summed E-state index contributed by atoms with van der Waals surface area (Å²) < 4.78 is 10.6. The molecule has 20 heavy (non-hydrogen) atoms. The van der Waals surface area contributed by atoms with Crippen LogP contribution in [0.15, 0.2) is 18.2 Å². The van der Waals surface area contributed by atoms with E-state index in [0.717, 1.165) is 30.9 Å². The first-order valence-electron chi connectivity index (χ1n) is 6.85. The summed E-state index contributed by atoms with van der Waals surface area (Å²) in [5.41, 5.74) is 0.777. The van der Waals surface area contributed by atoms with Gasteiger partial charge in [-0.1, -0.05) is 0 Å². The van der Waals surface area contributed by atoms with Crippen LogP contribution in [0.1, 0.15) is 11.7 Å². The van der Waals surface area contributed by atoms with Gasteiger partial charge in [-0.2, -0.15) is 0 Å². The van der Waals surface area contributed by atoms with E-state index in [4.69, 9.17) is 9.47 Å². The van der Waals surface area contributed by atoms with Crippen LogP contribution in [-0.2, 0) is 0 Å². The van der Waals surface area contributed by atoms with Crippen molar-refractivity contribution in [1.82, 2.24) is 9.80 Å². The van der Waals surface area contributed by atoms with Crippen molar-refractivity contribution in [2.75, 3.05) is 47.9 Å². The molecule has 0 spiro atoms. The lowest BCUT2D eigenvalue weighted by Gasteiger charge is -2.40. The smallest absolute Gasteiger partial charge is 0.124 e. The largest absolute Gasteiger partial charge is 0.497 e. The van der Waals surface area contributed by atoms with Gasteiger partial charge in [0, 0.05) is 25.2 Å². The minimum absolute atomic E-state index is 0.0507. The monoisotopic (exact) mass is 280 g/mol. The maximum atomic E-state index is 10.8. The molecule has 1 saturated heterocycles. The third-order valence-electron chi connectivity index (χ3n) is 4.02. The molecule has 1 heterocycles. The van der Waals surface area contributed by atoms with Crippen LogP contribution < -0.4 is 9.47 Å². The van der Waals surface area contributed by atoms with Crippen LogP contribution in [0.2, 0.25) is 0 Å². The van der Waals surface area contributed by atoms with Crippen LogP contribution in [0.5, 0.6) is 11.5 Å². The van der Waals surface area contributed by atoms with Crippen molar-refractivity contribution in [3.63, 3.8) is 0 Å². The fourth-order valence-electron chi connectivity index (χ4n) is 2.66. The van der Waals surface area contributed by atoms with Gasteiger partial charge in [0.2, 0.25) is 0 Å². The molecular weight excluding hydrogens is 256 g/mol. The number of hydrogen-bond donors (Lipinski definition) is 1. The lowest BCUT2D eigenvalue weighted by molar-refractivity contribution is 0.0127. The highest BCUT2D eigenvalue weighted by atomic mass is 16.5. The molecule has 2 atom stereocenters. The van der Waals surface area contributed by atoms with Crippen LogP contribution in [0.4, 0.5) is 0 Å². The molecule has 2 rings (SSSR count). The van der Waals surface area contributed by atoms with Crippen molar-refractivity contribution >= 4 is 0 Å². The first-order valence-corrected chi connectivity index (χ1v) is 6.85. The number of ether oxygens (including phenoxy) is 2. The Hall–Kier alpha value is -1.30. The molecule has 0 saturated carbocycles. The molecular formula is C15H24N2O3. The van der Waals surface area contributed by atoms with Gasteiger partial charge in [0.25, 0.3) is 0 Å². The summed E-state index contributed by atoms with van der Waals surface area (Å²) in [6.07, 6.45) is -0.604. The molecule has 1 aliphatic rings. The normalized spacial score (nSPS) is 22.6. The molecule has 5 heteroatoms. The van der Waals surface area contributed by atoms with Gasteiger partial charge in [-0.3, -0.25) is 4.90 Å². The fraction of sp³-hybridized carbons (Fsp3) is 0.600. The molecule has 0 aliphatic carbocycles. The second-order valence-corrected chi connectivity index (χ2v) is 5.36. The molecule has 0 aromatic heterocycles. The number of rotatable bonds is 4. The average Bonchev–Trinajstić information content (AvgIpc) is 2.48. The zero-order chi connectivity index (χ0) is 14.7. The van der Waals surface area contributed by atoms with E-state index in [0.29, 0.717) is 5.75 Å². The number of nitrogens with zero attached hydrogens (tertiary/aromatic N) is 2. The third kappa shape index (κ3) is 3.06. The topological polar surface area (TPSA) is 45.2 Å². The molecule has 0 amide bonds. The summed E-state index contributed by atoms with van der Waals surface area (Å²) in [6.45, 7) is 2.80. The predicted molar refractivity (Wildman–Crippen MR) is 78.4 cm³/mol. The van der Waals surface area contributed by atoms with E-state index in [2.05, 4.69) is 16.8 Å². The molecule has 0 bridgehead atoms. The van der Waals surface area contributed by atoms with E-state index in [1.807, 2.05) is 25.2 Å². The summed E-state index contributed by atoms with van der Waals surface area (Å²) in [4.78, 5) is 4.43. The van der Waals surface area contributed by atoms with Crippen molar-refractivity contribution in [2.24, 2.45) is 0 Å². The third-order valence-corrected chi connectivity index (χ3v) is 4.02. The molecule has 5 nitrogen and oxygen atoms in total. The number of aliphatic hydroxyl groups excluding tert-OH is 1. The highest BCUT2D eigenvalue weighted by Gasteiger charge is 2.31. The van der Waals surface area contributed by atoms with E-state index in [1.165, 1.54) is 0 Å². The number of aliphatic hydroxyl groups is 1. The average molecular weight is 280 g/mol. The van der Waals surface area contributed by atoms with Crippen molar-refractivity contribution in [3.8, 4) is 11.5 Å². The minimum Gasteiger partial charge on any atom is -0.497 e. The van der Waals surface area contributed by atoms with Crippen LogP contribution in [0.3, 0.4) is 0 Å². The Labute approximate surface area is 120 Å². The summed E-state index contributed by atoms with van der Waals surface area (Å²) >= 11 is 0. The quantitative estimate of drug-likeness (QED) is 0.891. The Morgan fingerprint density at radius 1 is 1.20 bits per heavy atom. The molecule has 1 N–H and O–H groups in total. The SMILES string of the molecule is COc1ccc(OC)c(C(O)C2CN(C)CCN2C)c1. The van der Waals surface area contributed by atoms with Crippen molar-refractivity contribution < 1.29 is 14.6 Å². The first-order chi connectivity index (χ1) is 9.56. The first kappa shape index (κ1) is 15.1. The second kappa shape index (κ2) is 6.43. The van der Waals surface area contributed by atoms with E-state index in [1.54, 1.807) is 14.2 Å². The van der Waals surface area contributed by atoms with Crippen molar-refractivity contribution in [3.05, 3.63) is 23.8 Å². The standard InChI is InChI=1S/C15H24N2O3/c1-16-7-8-17(2)13(10-16)15(18)12-9-11(19-3)5-6-14(12)20-4/h5-6,9,13,15,18H,7-8,10H2,1-4H3. The summed E-state index contributed by atoms with van der Waals surface area (Å²) in [7, 11) is 7.37. The highest BCUT2D eigenvalue weighted by molar-refractivity contribution is 5.42. The van der Waals surface area contributed by atoms with Crippen LogP contribution in [0.25, 0.3) is 0 Å². The van der Waals surface area contributed by atoms with Crippen molar-refractivity contribution in [2.45, 2.75) is 12.1 Å². The summed E-state index contributed by atoms with van der Waals surface area (Å²) in [5.74, 6) is 1.42.